The largest absolute Gasteiger partial charge is 0.497 e. The molecule has 4 rings (SSSR count). The van der Waals surface area contributed by atoms with Crippen LogP contribution in [0, 0.1) is 12.7 Å². The first-order chi connectivity index (χ1) is 16.4. The summed E-state index contributed by atoms with van der Waals surface area (Å²) in [5.41, 5.74) is 2.65. The number of thioether (sulfide) groups is 1. The van der Waals surface area contributed by atoms with Crippen LogP contribution in [0.5, 0.6) is 5.75 Å². The number of rotatable bonds is 7. The number of aromatic amines is 1. The first kappa shape index (κ1) is 23.8. The molecular formula is C25H27FN4O3S. The number of aryl methyl sites for hydroxylation is 1. The minimum atomic E-state index is -0.294. The number of carbonyl (C=O) groups excluding carboxylic acids is 1. The number of hydrogen-bond acceptors (Lipinski definition) is 6. The number of hydrogen-bond donors (Lipinski definition) is 1. The van der Waals surface area contributed by atoms with Crippen molar-refractivity contribution >= 4 is 23.4 Å². The summed E-state index contributed by atoms with van der Waals surface area (Å²) in [4.78, 5) is 36.9. The molecule has 7 nitrogen and oxygen atoms in total. The molecule has 0 atom stereocenters. The zero-order valence-corrected chi connectivity index (χ0v) is 20.0. The van der Waals surface area contributed by atoms with Crippen molar-refractivity contribution in [3.8, 4) is 5.75 Å². The molecule has 1 saturated heterocycles. The molecule has 2 aromatic carbocycles. The van der Waals surface area contributed by atoms with Crippen LogP contribution in [0.25, 0.3) is 0 Å². The number of nitrogens with one attached hydrogen (secondary N) is 1. The molecule has 1 fully saturated rings. The van der Waals surface area contributed by atoms with Crippen molar-refractivity contribution in [3.05, 3.63) is 81.5 Å². The minimum Gasteiger partial charge on any atom is -0.497 e. The Hall–Kier alpha value is -3.33. The second-order valence-electron chi connectivity index (χ2n) is 8.10. The van der Waals surface area contributed by atoms with Crippen molar-refractivity contribution in [1.82, 2.24) is 14.9 Å². The molecule has 9 heteroatoms. The highest BCUT2D eigenvalue weighted by molar-refractivity contribution is 7.98. The van der Waals surface area contributed by atoms with Crippen LogP contribution in [-0.2, 0) is 17.0 Å². The van der Waals surface area contributed by atoms with Gasteiger partial charge in [0.05, 0.1) is 13.5 Å². The molecule has 0 bridgehead atoms. The molecular weight excluding hydrogens is 455 g/mol. The van der Waals surface area contributed by atoms with E-state index in [2.05, 4.69) is 14.9 Å². The van der Waals surface area contributed by atoms with Crippen LogP contribution in [0.15, 0.2) is 58.5 Å². The van der Waals surface area contributed by atoms with E-state index < -0.39 is 0 Å². The number of nitrogens with zero attached hydrogens (tertiary/aromatic N) is 3. The number of aromatic nitrogens is 2. The van der Waals surface area contributed by atoms with Gasteiger partial charge >= 0.3 is 0 Å². The van der Waals surface area contributed by atoms with Crippen molar-refractivity contribution in [2.45, 2.75) is 24.3 Å². The highest BCUT2D eigenvalue weighted by Crippen LogP contribution is 2.23. The van der Waals surface area contributed by atoms with Crippen LogP contribution < -0.4 is 15.2 Å². The Morgan fingerprint density at radius 1 is 1.15 bits per heavy atom. The number of ether oxygens (including phenoxy) is 1. The SMILES string of the molecule is COc1cccc(N2CCN(C(=O)Cc3c(C)nc(SCc4ccc(F)cc4)[nH]c3=O)CC2)c1. The highest BCUT2D eigenvalue weighted by atomic mass is 32.2. The fourth-order valence-electron chi connectivity index (χ4n) is 3.88. The molecule has 34 heavy (non-hydrogen) atoms. The second-order valence-corrected chi connectivity index (χ2v) is 9.06. The minimum absolute atomic E-state index is 0.0240. The van der Waals surface area contributed by atoms with Gasteiger partial charge in [-0.25, -0.2) is 9.37 Å². The van der Waals surface area contributed by atoms with Gasteiger partial charge in [0, 0.05) is 54.9 Å². The Morgan fingerprint density at radius 3 is 2.56 bits per heavy atom. The monoisotopic (exact) mass is 482 g/mol. The standard InChI is InChI=1S/C25H27FN4O3S/c1-17-22(24(32)28-25(27-17)34-16-18-6-8-19(26)9-7-18)15-23(31)30-12-10-29(11-13-30)20-4-3-5-21(14-20)33-2/h3-9,14H,10-13,15-16H2,1-2H3,(H,27,28,32). The van der Waals surface area contributed by atoms with Crippen molar-refractivity contribution in [2.24, 2.45) is 0 Å². The van der Waals surface area contributed by atoms with Gasteiger partial charge in [0.2, 0.25) is 5.91 Å². The lowest BCUT2D eigenvalue weighted by molar-refractivity contribution is -0.130. The van der Waals surface area contributed by atoms with Gasteiger partial charge in [-0.1, -0.05) is 30.0 Å². The van der Waals surface area contributed by atoms with Crippen LogP contribution in [0.3, 0.4) is 0 Å². The lowest BCUT2D eigenvalue weighted by Gasteiger charge is -2.36. The maximum Gasteiger partial charge on any atom is 0.255 e. The van der Waals surface area contributed by atoms with Gasteiger partial charge in [-0.3, -0.25) is 9.59 Å². The summed E-state index contributed by atoms with van der Waals surface area (Å²) >= 11 is 1.37. The molecule has 0 spiro atoms. The summed E-state index contributed by atoms with van der Waals surface area (Å²) in [6.45, 7) is 4.36. The van der Waals surface area contributed by atoms with E-state index in [0.717, 1.165) is 17.0 Å². The van der Waals surface area contributed by atoms with Gasteiger partial charge in [-0.2, -0.15) is 0 Å². The van der Waals surface area contributed by atoms with E-state index in [1.807, 2.05) is 24.3 Å². The highest BCUT2D eigenvalue weighted by Gasteiger charge is 2.23. The molecule has 0 radical (unpaired) electrons. The quantitative estimate of drug-likeness (QED) is 0.411. The van der Waals surface area contributed by atoms with E-state index in [0.29, 0.717) is 48.3 Å². The summed E-state index contributed by atoms with van der Waals surface area (Å²) in [5, 5.41) is 0.481. The third kappa shape index (κ3) is 5.77. The van der Waals surface area contributed by atoms with Gasteiger partial charge in [-0.15, -0.1) is 0 Å². The molecule has 178 valence electrons. The lowest BCUT2D eigenvalue weighted by atomic mass is 10.1. The van der Waals surface area contributed by atoms with Gasteiger partial charge in [0.25, 0.3) is 5.56 Å². The van der Waals surface area contributed by atoms with Gasteiger partial charge in [0.15, 0.2) is 5.16 Å². The van der Waals surface area contributed by atoms with E-state index in [4.69, 9.17) is 4.74 Å². The smallest absolute Gasteiger partial charge is 0.255 e. The Morgan fingerprint density at radius 2 is 1.88 bits per heavy atom. The van der Waals surface area contributed by atoms with Crippen LogP contribution in [0.1, 0.15) is 16.8 Å². The molecule has 1 amide bonds. The van der Waals surface area contributed by atoms with Crippen LogP contribution >= 0.6 is 11.8 Å². The topological polar surface area (TPSA) is 78.5 Å². The summed E-state index contributed by atoms with van der Waals surface area (Å²) in [6, 6.07) is 14.1. The molecule has 1 N–H and O–H groups in total. The zero-order valence-electron chi connectivity index (χ0n) is 19.2. The van der Waals surface area contributed by atoms with Crippen molar-refractivity contribution < 1.29 is 13.9 Å². The predicted octanol–water partition coefficient (Wildman–Crippen LogP) is 3.41. The van der Waals surface area contributed by atoms with E-state index in [9.17, 15) is 14.0 Å². The Kier molecular flexibility index (Phi) is 7.52. The van der Waals surface area contributed by atoms with Crippen molar-refractivity contribution in [3.63, 3.8) is 0 Å². The maximum atomic E-state index is 13.1. The van der Waals surface area contributed by atoms with Gasteiger partial charge in [-0.05, 0) is 36.8 Å². The van der Waals surface area contributed by atoms with Gasteiger partial charge in [0.1, 0.15) is 11.6 Å². The summed E-state index contributed by atoms with van der Waals surface area (Å²) in [7, 11) is 1.64. The molecule has 1 aliphatic heterocycles. The third-order valence-corrected chi connectivity index (χ3v) is 6.81. The lowest BCUT2D eigenvalue weighted by Crippen LogP contribution is -2.49. The average molecular weight is 483 g/mol. The first-order valence-corrected chi connectivity index (χ1v) is 12.1. The molecule has 1 aromatic heterocycles. The number of carbonyl (C=O) groups is 1. The first-order valence-electron chi connectivity index (χ1n) is 11.1. The summed E-state index contributed by atoms with van der Waals surface area (Å²) in [6.07, 6.45) is 0.0240. The average Bonchev–Trinajstić information content (AvgIpc) is 2.86. The second kappa shape index (κ2) is 10.7. The fourth-order valence-corrected chi connectivity index (χ4v) is 4.74. The van der Waals surface area contributed by atoms with Gasteiger partial charge < -0.3 is 19.5 Å². The van der Waals surface area contributed by atoms with Crippen LogP contribution in [-0.4, -0.2) is 54.1 Å². The van der Waals surface area contributed by atoms with E-state index in [1.165, 1.54) is 23.9 Å². The molecule has 3 aromatic rings. The molecule has 0 saturated carbocycles. The number of amides is 1. The number of benzene rings is 2. The number of halogens is 1. The molecule has 1 aliphatic rings. The fraction of sp³-hybridized carbons (Fsp3) is 0.320. The van der Waals surface area contributed by atoms with Crippen molar-refractivity contribution in [1.29, 1.82) is 0 Å². The van der Waals surface area contributed by atoms with E-state index in [1.54, 1.807) is 31.1 Å². The zero-order chi connectivity index (χ0) is 24.1. The predicted molar refractivity (Wildman–Crippen MR) is 131 cm³/mol. The van der Waals surface area contributed by atoms with E-state index in [-0.39, 0.29) is 23.7 Å². The summed E-state index contributed by atoms with van der Waals surface area (Å²) < 4.78 is 18.4. The Labute approximate surface area is 202 Å². The number of methoxy groups -OCH3 is 1. The summed E-state index contributed by atoms with van der Waals surface area (Å²) in [5.74, 6) is 0.996. The third-order valence-electron chi connectivity index (χ3n) is 5.87. The van der Waals surface area contributed by atoms with Crippen LogP contribution in [0.2, 0.25) is 0 Å². The Bertz CT molecular complexity index is 1210. The molecule has 0 unspecified atom stereocenters. The Balaban J connectivity index is 1.34. The maximum absolute atomic E-state index is 13.1. The number of piperazine rings is 1. The van der Waals surface area contributed by atoms with Crippen LogP contribution in [0.4, 0.5) is 10.1 Å². The van der Waals surface area contributed by atoms with Crippen molar-refractivity contribution in [2.75, 3.05) is 38.2 Å². The normalized spacial score (nSPS) is 13.7. The van der Waals surface area contributed by atoms with E-state index >= 15 is 0 Å². The molecule has 2 heterocycles. The molecule has 0 aliphatic carbocycles. The number of anilines is 1. The number of H-pyrrole nitrogens is 1.